The molecule has 0 fully saturated rings. The smallest absolute Gasteiger partial charge is 0.251 e. The van der Waals surface area contributed by atoms with Crippen LogP contribution in [0.1, 0.15) is 23.0 Å². The second kappa shape index (κ2) is 7.28. The number of benzene rings is 1. The second-order valence-corrected chi connectivity index (χ2v) is 4.66. The van der Waals surface area contributed by atoms with Gasteiger partial charge in [-0.05, 0) is 37.3 Å². The van der Waals surface area contributed by atoms with Crippen LogP contribution in [-0.2, 0) is 6.42 Å². The van der Waals surface area contributed by atoms with Crippen molar-refractivity contribution in [2.75, 3.05) is 24.1 Å². The summed E-state index contributed by atoms with van der Waals surface area (Å²) >= 11 is 0. The van der Waals surface area contributed by atoms with Crippen LogP contribution in [0.5, 0.6) is 0 Å². The van der Waals surface area contributed by atoms with Crippen molar-refractivity contribution >= 4 is 17.3 Å². The fourth-order valence-corrected chi connectivity index (χ4v) is 2.00. The van der Waals surface area contributed by atoms with Gasteiger partial charge in [-0.15, -0.1) is 0 Å². The number of aromatic nitrogens is 1. The quantitative estimate of drug-likeness (QED) is 0.709. The Morgan fingerprint density at radius 1 is 1.29 bits per heavy atom. The standard InChI is InChI=1S/C16H20N4O/c1-2-18-16(21)12-6-7-15(14(17)11-12)20-10-8-13-5-3-4-9-19-13/h3-7,9,11,20H,2,8,10,17H2,1H3,(H,18,21). The molecule has 2 aromatic rings. The van der Waals surface area contributed by atoms with Crippen LogP contribution in [0.3, 0.4) is 0 Å². The number of hydrogen-bond donors (Lipinski definition) is 3. The zero-order chi connectivity index (χ0) is 15.1. The highest BCUT2D eigenvalue weighted by Crippen LogP contribution is 2.19. The van der Waals surface area contributed by atoms with Crippen molar-refractivity contribution in [1.82, 2.24) is 10.3 Å². The second-order valence-electron chi connectivity index (χ2n) is 4.66. The van der Waals surface area contributed by atoms with E-state index in [4.69, 9.17) is 5.73 Å². The van der Waals surface area contributed by atoms with Crippen LogP contribution >= 0.6 is 0 Å². The maximum Gasteiger partial charge on any atom is 0.251 e. The molecular weight excluding hydrogens is 264 g/mol. The summed E-state index contributed by atoms with van der Waals surface area (Å²) in [5, 5.41) is 6.01. The zero-order valence-corrected chi connectivity index (χ0v) is 12.1. The molecule has 5 nitrogen and oxygen atoms in total. The highest BCUT2D eigenvalue weighted by Gasteiger charge is 2.07. The van der Waals surface area contributed by atoms with Gasteiger partial charge in [-0.1, -0.05) is 6.07 Å². The lowest BCUT2D eigenvalue weighted by Crippen LogP contribution is -2.22. The van der Waals surface area contributed by atoms with Gasteiger partial charge in [-0.3, -0.25) is 9.78 Å². The predicted molar refractivity (Wildman–Crippen MR) is 85.3 cm³/mol. The summed E-state index contributed by atoms with van der Waals surface area (Å²) in [4.78, 5) is 16.0. The van der Waals surface area contributed by atoms with Gasteiger partial charge in [-0.25, -0.2) is 0 Å². The third kappa shape index (κ3) is 4.21. The van der Waals surface area contributed by atoms with Crippen molar-refractivity contribution < 1.29 is 4.79 Å². The van der Waals surface area contributed by atoms with Gasteiger partial charge in [-0.2, -0.15) is 0 Å². The third-order valence-corrected chi connectivity index (χ3v) is 3.07. The third-order valence-electron chi connectivity index (χ3n) is 3.07. The highest BCUT2D eigenvalue weighted by atomic mass is 16.1. The molecule has 21 heavy (non-hydrogen) atoms. The molecule has 0 saturated heterocycles. The molecule has 1 heterocycles. The minimum Gasteiger partial charge on any atom is -0.397 e. The summed E-state index contributed by atoms with van der Waals surface area (Å²) < 4.78 is 0. The molecule has 5 heteroatoms. The SMILES string of the molecule is CCNC(=O)c1ccc(NCCc2ccccn2)c(N)c1. The number of carbonyl (C=O) groups excluding carboxylic acids is 1. The number of nitrogen functional groups attached to an aromatic ring is 1. The summed E-state index contributed by atoms with van der Waals surface area (Å²) in [5.74, 6) is -0.107. The molecule has 1 amide bonds. The fraction of sp³-hybridized carbons (Fsp3) is 0.250. The van der Waals surface area contributed by atoms with Crippen LogP contribution in [0, 0.1) is 0 Å². The van der Waals surface area contributed by atoms with E-state index in [1.54, 1.807) is 18.3 Å². The van der Waals surface area contributed by atoms with Crippen molar-refractivity contribution in [3.8, 4) is 0 Å². The number of rotatable bonds is 6. The van der Waals surface area contributed by atoms with E-state index in [9.17, 15) is 4.79 Å². The van der Waals surface area contributed by atoms with Gasteiger partial charge in [0, 0.05) is 37.0 Å². The van der Waals surface area contributed by atoms with Crippen molar-refractivity contribution in [1.29, 1.82) is 0 Å². The van der Waals surface area contributed by atoms with E-state index in [1.165, 1.54) is 0 Å². The topological polar surface area (TPSA) is 80.0 Å². The minimum absolute atomic E-state index is 0.107. The van der Waals surface area contributed by atoms with Gasteiger partial charge >= 0.3 is 0 Å². The molecule has 1 aromatic carbocycles. The van der Waals surface area contributed by atoms with Gasteiger partial charge in [0.1, 0.15) is 0 Å². The zero-order valence-electron chi connectivity index (χ0n) is 12.1. The number of carbonyl (C=O) groups is 1. The monoisotopic (exact) mass is 284 g/mol. The van der Waals surface area contributed by atoms with Crippen LogP contribution in [-0.4, -0.2) is 24.0 Å². The Kier molecular flexibility index (Phi) is 5.15. The van der Waals surface area contributed by atoms with E-state index < -0.39 is 0 Å². The lowest BCUT2D eigenvalue weighted by molar-refractivity contribution is 0.0956. The van der Waals surface area contributed by atoms with Crippen LogP contribution in [0.2, 0.25) is 0 Å². The fourth-order valence-electron chi connectivity index (χ4n) is 2.00. The van der Waals surface area contributed by atoms with E-state index in [0.29, 0.717) is 17.8 Å². The molecule has 110 valence electrons. The normalized spacial score (nSPS) is 10.1. The Morgan fingerprint density at radius 2 is 2.14 bits per heavy atom. The van der Waals surface area contributed by atoms with Crippen molar-refractivity contribution in [3.05, 3.63) is 53.9 Å². The van der Waals surface area contributed by atoms with Gasteiger partial charge in [0.2, 0.25) is 0 Å². The number of amides is 1. The summed E-state index contributed by atoms with van der Waals surface area (Å²) in [5.41, 5.74) is 8.98. The van der Waals surface area contributed by atoms with Gasteiger partial charge in [0.05, 0.1) is 11.4 Å². The Bertz CT molecular complexity index is 598. The molecule has 0 atom stereocenters. The van der Waals surface area contributed by atoms with Crippen LogP contribution in [0.15, 0.2) is 42.6 Å². The van der Waals surface area contributed by atoms with Crippen LogP contribution in [0.25, 0.3) is 0 Å². The van der Waals surface area contributed by atoms with Crippen molar-refractivity contribution in [3.63, 3.8) is 0 Å². The first-order valence-corrected chi connectivity index (χ1v) is 7.02. The minimum atomic E-state index is -0.107. The molecule has 0 aliphatic carbocycles. The number of pyridine rings is 1. The number of hydrogen-bond acceptors (Lipinski definition) is 4. The van der Waals surface area contributed by atoms with E-state index in [-0.39, 0.29) is 5.91 Å². The predicted octanol–water partition coefficient (Wildman–Crippen LogP) is 2.07. The number of nitrogens with two attached hydrogens (primary N) is 1. The van der Waals surface area contributed by atoms with Crippen LogP contribution < -0.4 is 16.4 Å². The molecular formula is C16H20N4O. The molecule has 0 spiro atoms. The number of nitrogens with one attached hydrogen (secondary N) is 2. The Morgan fingerprint density at radius 3 is 2.81 bits per heavy atom. The summed E-state index contributed by atoms with van der Waals surface area (Å²) in [6.45, 7) is 3.22. The molecule has 2 rings (SSSR count). The van der Waals surface area contributed by atoms with E-state index >= 15 is 0 Å². The summed E-state index contributed by atoms with van der Waals surface area (Å²) in [7, 11) is 0. The maximum atomic E-state index is 11.7. The lowest BCUT2D eigenvalue weighted by Gasteiger charge is -2.10. The molecule has 4 N–H and O–H groups in total. The van der Waals surface area contributed by atoms with E-state index in [0.717, 1.165) is 24.3 Å². The first kappa shape index (κ1) is 14.8. The van der Waals surface area contributed by atoms with E-state index in [1.807, 2.05) is 31.2 Å². The molecule has 0 bridgehead atoms. The average molecular weight is 284 g/mol. The van der Waals surface area contributed by atoms with Gasteiger partial charge < -0.3 is 16.4 Å². The van der Waals surface area contributed by atoms with E-state index in [2.05, 4.69) is 15.6 Å². The molecule has 0 radical (unpaired) electrons. The molecule has 0 aliphatic rings. The summed E-state index contributed by atoms with van der Waals surface area (Å²) in [6, 6.07) is 11.1. The van der Waals surface area contributed by atoms with Crippen molar-refractivity contribution in [2.24, 2.45) is 0 Å². The molecule has 1 aromatic heterocycles. The first-order chi connectivity index (χ1) is 10.2. The van der Waals surface area contributed by atoms with Gasteiger partial charge in [0.15, 0.2) is 0 Å². The molecule has 0 aliphatic heterocycles. The van der Waals surface area contributed by atoms with Crippen LogP contribution in [0.4, 0.5) is 11.4 Å². The van der Waals surface area contributed by atoms with Crippen molar-refractivity contribution in [2.45, 2.75) is 13.3 Å². The number of nitrogens with zero attached hydrogens (tertiary/aromatic N) is 1. The Labute approximate surface area is 124 Å². The highest BCUT2D eigenvalue weighted by molar-refractivity contribution is 5.96. The first-order valence-electron chi connectivity index (χ1n) is 7.02. The molecule has 0 saturated carbocycles. The molecule has 0 unspecified atom stereocenters. The Balaban J connectivity index is 1.93. The maximum absolute atomic E-state index is 11.7. The average Bonchev–Trinajstić information content (AvgIpc) is 2.50. The summed E-state index contributed by atoms with van der Waals surface area (Å²) in [6.07, 6.45) is 2.60. The largest absolute Gasteiger partial charge is 0.397 e. The Hall–Kier alpha value is -2.56. The van der Waals surface area contributed by atoms with Gasteiger partial charge in [0.25, 0.3) is 5.91 Å². The lowest BCUT2D eigenvalue weighted by atomic mass is 10.1. The number of anilines is 2.